The average Bonchev–Trinajstić information content (AvgIpc) is 3.31. The highest BCUT2D eigenvalue weighted by molar-refractivity contribution is 5.98. The Balaban J connectivity index is 1.50. The van der Waals surface area contributed by atoms with Crippen LogP contribution in [0, 0.1) is 0 Å². The number of likely N-dealkylation sites (tertiary alicyclic amines) is 1. The summed E-state index contributed by atoms with van der Waals surface area (Å²) in [4.78, 5) is 39.6. The summed E-state index contributed by atoms with van der Waals surface area (Å²) in [6, 6.07) is 13.9. The molecule has 2 aromatic rings. The quantitative estimate of drug-likeness (QED) is 0.633. The molecule has 0 bridgehead atoms. The number of benzene rings is 2. The summed E-state index contributed by atoms with van der Waals surface area (Å²) in [5.74, 6) is 0.148. The van der Waals surface area contributed by atoms with E-state index in [1.54, 1.807) is 36.3 Å². The van der Waals surface area contributed by atoms with Crippen LogP contribution in [-0.2, 0) is 10.2 Å². The van der Waals surface area contributed by atoms with E-state index in [4.69, 9.17) is 4.74 Å². The fourth-order valence-electron chi connectivity index (χ4n) is 3.88. The Morgan fingerprint density at radius 3 is 2.15 bits per heavy atom. The molecule has 7 nitrogen and oxygen atoms in total. The zero-order valence-corrected chi connectivity index (χ0v) is 19.8. The Bertz CT molecular complexity index is 978. The van der Waals surface area contributed by atoms with Gasteiger partial charge < -0.3 is 20.3 Å². The van der Waals surface area contributed by atoms with E-state index in [1.807, 2.05) is 24.3 Å². The van der Waals surface area contributed by atoms with E-state index in [1.165, 1.54) is 0 Å². The molecule has 0 unspecified atom stereocenters. The number of amides is 3. The molecular weight excluding hydrogens is 418 g/mol. The van der Waals surface area contributed by atoms with Crippen LogP contribution in [0.15, 0.2) is 48.5 Å². The monoisotopic (exact) mass is 451 g/mol. The van der Waals surface area contributed by atoms with Crippen molar-refractivity contribution >= 4 is 17.7 Å². The predicted molar refractivity (Wildman–Crippen MR) is 128 cm³/mol. The van der Waals surface area contributed by atoms with Gasteiger partial charge in [-0.2, -0.15) is 0 Å². The van der Waals surface area contributed by atoms with Gasteiger partial charge in [0.05, 0.1) is 7.11 Å². The van der Waals surface area contributed by atoms with E-state index in [9.17, 15) is 14.4 Å². The fraction of sp³-hybridized carbons (Fsp3) is 0.423. The van der Waals surface area contributed by atoms with Gasteiger partial charge in [0.2, 0.25) is 5.91 Å². The first-order valence-electron chi connectivity index (χ1n) is 11.3. The molecule has 2 N–H and O–H groups in total. The summed E-state index contributed by atoms with van der Waals surface area (Å²) < 4.78 is 5.09. The minimum Gasteiger partial charge on any atom is -0.497 e. The van der Waals surface area contributed by atoms with Gasteiger partial charge in [-0.05, 0) is 60.2 Å². The van der Waals surface area contributed by atoms with Gasteiger partial charge >= 0.3 is 0 Å². The third kappa shape index (κ3) is 6.12. The van der Waals surface area contributed by atoms with Crippen LogP contribution >= 0.6 is 0 Å². The second-order valence-corrected chi connectivity index (χ2v) is 9.26. The molecule has 0 saturated carbocycles. The standard InChI is InChI=1S/C26H33N3O4/c1-26(2,3)20-11-7-19(8-12-20)25(32)29-17-5-6-22(29)24(31)28-16-15-27-23(30)18-9-13-21(33-4)14-10-18/h7-14,22H,5-6,15-17H2,1-4H3,(H,27,30)(H,28,31)/t22-/m0/s1. The molecule has 0 aliphatic carbocycles. The lowest BCUT2D eigenvalue weighted by atomic mass is 9.86. The highest BCUT2D eigenvalue weighted by atomic mass is 16.5. The van der Waals surface area contributed by atoms with Gasteiger partial charge in [-0.25, -0.2) is 0 Å². The van der Waals surface area contributed by atoms with Crippen molar-refractivity contribution in [2.24, 2.45) is 0 Å². The Kier molecular flexibility index (Phi) is 7.74. The zero-order valence-electron chi connectivity index (χ0n) is 19.8. The molecule has 0 aromatic heterocycles. The van der Waals surface area contributed by atoms with Crippen molar-refractivity contribution in [3.63, 3.8) is 0 Å². The highest BCUT2D eigenvalue weighted by Crippen LogP contribution is 2.24. The van der Waals surface area contributed by atoms with Crippen molar-refractivity contribution in [2.75, 3.05) is 26.7 Å². The summed E-state index contributed by atoms with van der Waals surface area (Å²) >= 11 is 0. The summed E-state index contributed by atoms with van der Waals surface area (Å²) in [7, 11) is 1.57. The molecule has 1 aliphatic rings. The van der Waals surface area contributed by atoms with Crippen LogP contribution in [0.4, 0.5) is 0 Å². The van der Waals surface area contributed by atoms with Gasteiger partial charge in [0.15, 0.2) is 0 Å². The molecular formula is C26H33N3O4. The number of nitrogens with zero attached hydrogens (tertiary/aromatic N) is 1. The second-order valence-electron chi connectivity index (χ2n) is 9.26. The third-order valence-electron chi connectivity index (χ3n) is 5.88. The van der Waals surface area contributed by atoms with Crippen LogP contribution < -0.4 is 15.4 Å². The summed E-state index contributed by atoms with van der Waals surface area (Å²) in [5, 5.41) is 5.63. The highest BCUT2D eigenvalue weighted by Gasteiger charge is 2.34. The van der Waals surface area contributed by atoms with E-state index < -0.39 is 6.04 Å². The molecule has 1 heterocycles. The lowest BCUT2D eigenvalue weighted by molar-refractivity contribution is -0.124. The number of hydrogen-bond donors (Lipinski definition) is 2. The molecule has 3 rings (SSSR count). The molecule has 1 atom stereocenters. The van der Waals surface area contributed by atoms with Gasteiger partial charge in [0, 0.05) is 30.8 Å². The number of methoxy groups -OCH3 is 1. The number of carbonyl (C=O) groups excluding carboxylic acids is 3. The molecule has 0 spiro atoms. The maximum absolute atomic E-state index is 13.0. The smallest absolute Gasteiger partial charge is 0.254 e. The lowest BCUT2D eigenvalue weighted by Gasteiger charge is -2.25. The molecule has 0 radical (unpaired) electrons. The third-order valence-corrected chi connectivity index (χ3v) is 5.88. The summed E-state index contributed by atoms with van der Waals surface area (Å²) in [6.45, 7) is 7.54. The molecule has 176 valence electrons. The first-order valence-corrected chi connectivity index (χ1v) is 11.3. The second kappa shape index (κ2) is 10.5. The maximum Gasteiger partial charge on any atom is 0.254 e. The van der Waals surface area contributed by atoms with E-state index in [2.05, 4.69) is 31.4 Å². The maximum atomic E-state index is 13.0. The number of nitrogens with one attached hydrogen (secondary N) is 2. The number of carbonyl (C=O) groups is 3. The van der Waals surface area contributed by atoms with Gasteiger partial charge in [0.1, 0.15) is 11.8 Å². The Hall–Kier alpha value is -3.35. The molecule has 33 heavy (non-hydrogen) atoms. The predicted octanol–water partition coefficient (Wildman–Crippen LogP) is 3.14. The molecule has 1 fully saturated rings. The van der Waals surface area contributed by atoms with E-state index >= 15 is 0 Å². The number of rotatable bonds is 7. The van der Waals surface area contributed by atoms with Crippen molar-refractivity contribution in [3.05, 3.63) is 65.2 Å². The topological polar surface area (TPSA) is 87.7 Å². The van der Waals surface area contributed by atoms with Crippen molar-refractivity contribution in [3.8, 4) is 5.75 Å². The first kappa shape index (κ1) is 24.3. The van der Waals surface area contributed by atoms with Crippen LogP contribution in [0.5, 0.6) is 5.75 Å². The van der Waals surface area contributed by atoms with Crippen LogP contribution in [0.25, 0.3) is 0 Å². The van der Waals surface area contributed by atoms with Gasteiger partial charge in [-0.15, -0.1) is 0 Å². The molecule has 1 aliphatic heterocycles. The van der Waals surface area contributed by atoms with Gasteiger partial charge in [0.25, 0.3) is 11.8 Å². The van der Waals surface area contributed by atoms with Crippen LogP contribution in [0.3, 0.4) is 0 Å². The Morgan fingerprint density at radius 2 is 1.55 bits per heavy atom. The normalized spacial score (nSPS) is 15.8. The SMILES string of the molecule is COc1ccc(C(=O)NCCNC(=O)[C@@H]2CCCN2C(=O)c2ccc(C(C)(C)C)cc2)cc1. The largest absolute Gasteiger partial charge is 0.497 e. The minimum atomic E-state index is -0.489. The van der Waals surface area contributed by atoms with E-state index in [0.717, 1.165) is 12.0 Å². The molecule has 1 saturated heterocycles. The van der Waals surface area contributed by atoms with E-state index in [0.29, 0.717) is 42.9 Å². The fourth-order valence-corrected chi connectivity index (χ4v) is 3.88. The minimum absolute atomic E-state index is 0.0143. The number of hydrogen-bond acceptors (Lipinski definition) is 4. The number of ether oxygens (including phenoxy) is 1. The molecule has 3 amide bonds. The summed E-state index contributed by atoms with van der Waals surface area (Å²) in [6.07, 6.45) is 1.42. The Labute approximate surface area is 195 Å². The van der Waals surface area contributed by atoms with Gasteiger partial charge in [-0.3, -0.25) is 14.4 Å². The van der Waals surface area contributed by atoms with E-state index in [-0.39, 0.29) is 23.1 Å². The van der Waals surface area contributed by atoms with Crippen LogP contribution in [-0.4, -0.2) is 55.4 Å². The zero-order chi connectivity index (χ0) is 24.0. The van der Waals surface area contributed by atoms with Crippen LogP contribution in [0.2, 0.25) is 0 Å². The van der Waals surface area contributed by atoms with Gasteiger partial charge in [-0.1, -0.05) is 32.9 Å². The lowest BCUT2D eigenvalue weighted by Crippen LogP contribution is -2.47. The van der Waals surface area contributed by atoms with Crippen molar-refractivity contribution < 1.29 is 19.1 Å². The average molecular weight is 452 g/mol. The molecule has 2 aromatic carbocycles. The molecule has 7 heteroatoms. The van der Waals surface area contributed by atoms with Crippen molar-refractivity contribution in [1.82, 2.24) is 15.5 Å². The summed E-state index contributed by atoms with van der Waals surface area (Å²) in [5.41, 5.74) is 2.29. The Morgan fingerprint density at radius 1 is 0.939 bits per heavy atom. The van der Waals surface area contributed by atoms with Crippen molar-refractivity contribution in [1.29, 1.82) is 0 Å². The van der Waals surface area contributed by atoms with Crippen molar-refractivity contribution in [2.45, 2.75) is 45.1 Å². The van der Waals surface area contributed by atoms with Crippen LogP contribution in [0.1, 0.15) is 59.9 Å². The first-order chi connectivity index (χ1) is 15.7.